The van der Waals surface area contributed by atoms with Crippen molar-refractivity contribution in [2.24, 2.45) is 11.8 Å². The molecule has 2 rings (SSSR count). The fourth-order valence-electron chi connectivity index (χ4n) is 3.96. The predicted molar refractivity (Wildman–Crippen MR) is 118 cm³/mol. The lowest BCUT2D eigenvalue weighted by atomic mass is 9.96. The Balaban J connectivity index is 1.70. The number of thioether (sulfide) groups is 1. The zero-order valence-corrected chi connectivity index (χ0v) is 19.1. The van der Waals surface area contributed by atoms with Crippen molar-refractivity contribution in [2.75, 3.05) is 12.4 Å². The van der Waals surface area contributed by atoms with Gasteiger partial charge in [-0.25, -0.2) is 0 Å². The van der Waals surface area contributed by atoms with Gasteiger partial charge >= 0.3 is 12.1 Å². The van der Waals surface area contributed by atoms with E-state index in [-0.39, 0.29) is 35.5 Å². The molecule has 5 nitrogen and oxygen atoms in total. The zero-order valence-electron chi connectivity index (χ0n) is 18.3. The summed E-state index contributed by atoms with van der Waals surface area (Å²) in [6.07, 6.45) is 0.131. The van der Waals surface area contributed by atoms with Crippen LogP contribution in [0.5, 0.6) is 5.75 Å². The maximum atomic E-state index is 12.8. The van der Waals surface area contributed by atoms with Gasteiger partial charge in [-0.05, 0) is 49.8 Å². The van der Waals surface area contributed by atoms with Gasteiger partial charge < -0.3 is 20.1 Å². The molecule has 0 radical (unpaired) electrons. The van der Waals surface area contributed by atoms with Crippen LogP contribution in [0.15, 0.2) is 24.3 Å². The van der Waals surface area contributed by atoms with E-state index in [1.807, 2.05) is 0 Å². The Morgan fingerprint density at radius 1 is 1.25 bits per heavy atom. The number of carbonyl (C=O) groups is 1. The van der Waals surface area contributed by atoms with Crippen LogP contribution in [0.2, 0.25) is 0 Å². The highest BCUT2D eigenvalue weighted by Crippen LogP contribution is 2.39. The van der Waals surface area contributed by atoms with Crippen LogP contribution >= 0.6 is 11.8 Å². The molecule has 32 heavy (non-hydrogen) atoms. The number of aliphatic carboxylic acids is 1. The molecule has 0 aromatic heterocycles. The Bertz CT molecular complexity index is 715. The molecule has 1 fully saturated rings. The summed E-state index contributed by atoms with van der Waals surface area (Å²) in [5.41, 5.74) is -0.793. The first-order chi connectivity index (χ1) is 15.1. The van der Waals surface area contributed by atoms with E-state index in [9.17, 15) is 28.2 Å². The summed E-state index contributed by atoms with van der Waals surface area (Å²) in [6, 6.07) is 4.58. The first kappa shape index (κ1) is 26.8. The number of carboxylic acids is 1. The van der Waals surface area contributed by atoms with E-state index in [2.05, 4.69) is 0 Å². The number of alkyl halides is 3. The molecule has 182 valence electrons. The predicted octanol–water partition coefficient (Wildman–Crippen LogP) is 4.99. The number of aliphatic hydroxyl groups excluding tert-OH is 2. The number of carboxylic acid groups (broad SMARTS) is 1. The van der Waals surface area contributed by atoms with Crippen LogP contribution in [0.3, 0.4) is 0 Å². The van der Waals surface area contributed by atoms with Gasteiger partial charge in [0.25, 0.3) is 0 Å². The third kappa shape index (κ3) is 8.83. The van der Waals surface area contributed by atoms with Crippen molar-refractivity contribution in [3.63, 3.8) is 0 Å². The second-order valence-corrected chi connectivity index (χ2v) is 9.82. The molecule has 1 aliphatic rings. The number of aliphatic hydroxyl groups is 2. The van der Waals surface area contributed by atoms with Gasteiger partial charge in [0.05, 0.1) is 23.7 Å². The van der Waals surface area contributed by atoms with Gasteiger partial charge in [-0.15, -0.1) is 0 Å². The largest absolute Gasteiger partial charge is 0.491 e. The molecule has 1 aromatic rings. The summed E-state index contributed by atoms with van der Waals surface area (Å²) < 4.78 is 43.7. The minimum Gasteiger partial charge on any atom is -0.491 e. The normalized spacial score (nSPS) is 23.1. The Morgan fingerprint density at radius 2 is 2.00 bits per heavy atom. The number of ether oxygens (including phenoxy) is 1. The van der Waals surface area contributed by atoms with Crippen molar-refractivity contribution >= 4 is 17.7 Å². The van der Waals surface area contributed by atoms with Gasteiger partial charge in [-0.3, -0.25) is 4.79 Å². The van der Waals surface area contributed by atoms with Crippen LogP contribution in [0.25, 0.3) is 0 Å². The molecule has 0 bridgehead atoms. The second-order valence-electron chi connectivity index (χ2n) is 8.55. The van der Waals surface area contributed by atoms with Crippen molar-refractivity contribution in [1.82, 2.24) is 0 Å². The first-order valence-electron chi connectivity index (χ1n) is 11.1. The lowest BCUT2D eigenvalue weighted by molar-refractivity contribution is -0.141. The minimum atomic E-state index is -4.44. The van der Waals surface area contributed by atoms with Crippen molar-refractivity contribution in [2.45, 2.75) is 75.5 Å². The Hall–Kier alpha value is -1.45. The monoisotopic (exact) mass is 478 g/mol. The van der Waals surface area contributed by atoms with E-state index in [1.54, 1.807) is 18.7 Å². The number of hydrogen-bond donors (Lipinski definition) is 3. The maximum absolute atomic E-state index is 12.8. The van der Waals surface area contributed by atoms with Crippen molar-refractivity contribution < 1.29 is 38.0 Å². The van der Waals surface area contributed by atoms with Crippen LogP contribution in [-0.2, 0) is 11.0 Å². The fraction of sp³-hybridized carbons (Fsp3) is 0.696. The number of rotatable bonds is 13. The topological polar surface area (TPSA) is 87.0 Å². The molecule has 5 unspecified atom stereocenters. The number of hydrogen-bond acceptors (Lipinski definition) is 5. The molecular formula is C23H33F3O5S. The summed E-state index contributed by atoms with van der Waals surface area (Å²) >= 11 is 1.57. The van der Waals surface area contributed by atoms with E-state index in [1.165, 1.54) is 12.1 Å². The molecule has 0 amide bonds. The molecule has 5 atom stereocenters. The number of benzene rings is 1. The van der Waals surface area contributed by atoms with E-state index in [4.69, 9.17) is 9.84 Å². The molecule has 0 heterocycles. The van der Waals surface area contributed by atoms with Crippen molar-refractivity contribution in [3.8, 4) is 5.75 Å². The first-order valence-corrected chi connectivity index (χ1v) is 12.1. The van der Waals surface area contributed by atoms with Crippen molar-refractivity contribution in [1.29, 1.82) is 0 Å². The van der Waals surface area contributed by atoms with Crippen LogP contribution in [0, 0.1) is 11.8 Å². The summed E-state index contributed by atoms with van der Waals surface area (Å²) in [5.74, 6) is -0.537. The van der Waals surface area contributed by atoms with Gasteiger partial charge in [-0.1, -0.05) is 32.3 Å². The quantitative estimate of drug-likeness (QED) is 0.346. The van der Waals surface area contributed by atoms with Gasteiger partial charge in [0.15, 0.2) is 0 Å². The SMILES string of the molecule is CC(CCCCCC1C(O)CCC1SCC(O)COc1cccc(C(F)(F)F)c1)C(=O)O. The Kier molecular flexibility index (Phi) is 10.6. The van der Waals surface area contributed by atoms with Gasteiger partial charge in [0.2, 0.25) is 0 Å². The molecular weight excluding hydrogens is 445 g/mol. The molecule has 0 spiro atoms. The summed E-state index contributed by atoms with van der Waals surface area (Å²) in [4.78, 5) is 10.9. The second kappa shape index (κ2) is 12.7. The average Bonchev–Trinajstić information content (AvgIpc) is 3.09. The molecule has 9 heteroatoms. The molecule has 1 aliphatic carbocycles. The minimum absolute atomic E-state index is 0.0651. The standard InChI is InChI=1S/C23H33F3O5S/c1-15(22(29)30)6-3-2-4-9-19-20(28)10-11-21(19)32-14-17(27)13-31-18-8-5-7-16(12-18)23(24,25)26/h5,7-8,12,15,17,19-21,27-28H,2-4,6,9-11,13-14H2,1H3,(H,29,30). The van der Waals surface area contributed by atoms with E-state index in [0.717, 1.165) is 50.7 Å². The highest BCUT2D eigenvalue weighted by atomic mass is 32.2. The van der Waals surface area contributed by atoms with Crippen LogP contribution in [0.1, 0.15) is 57.4 Å². The number of halogens is 3. The fourth-order valence-corrected chi connectivity index (χ4v) is 5.40. The molecule has 0 aliphatic heterocycles. The Morgan fingerprint density at radius 3 is 2.69 bits per heavy atom. The van der Waals surface area contributed by atoms with Gasteiger partial charge in [0.1, 0.15) is 12.4 Å². The van der Waals surface area contributed by atoms with Crippen LogP contribution in [0.4, 0.5) is 13.2 Å². The highest BCUT2D eigenvalue weighted by molar-refractivity contribution is 7.99. The molecule has 0 saturated heterocycles. The molecule has 1 aromatic carbocycles. The lowest BCUT2D eigenvalue weighted by Crippen LogP contribution is -2.25. The van der Waals surface area contributed by atoms with Crippen molar-refractivity contribution in [3.05, 3.63) is 29.8 Å². The van der Waals surface area contributed by atoms with E-state index >= 15 is 0 Å². The van der Waals surface area contributed by atoms with Gasteiger partial charge in [-0.2, -0.15) is 24.9 Å². The molecule has 3 N–H and O–H groups in total. The maximum Gasteiger partial charge on any atom is 0.416 e. The lowest BCUT2D eigenvalue weighted by Gasteiger charge is -2.23. The number of unbranched alkanes of at least 4 members (excludes halogenated alkanes) is 2. The van der Waals surface area contributed by atoms with E-state index < -0.39 is 23.8 Å². The average molecular weight is 479 g/mol. The highest BCUT2D eigenvalue weighted by Gasteiger charge is 2.35. The summed E-state index contributed by atoms with van der Waals surface area (Å²) in [7, 11) is 0. The zero-order chi connectivity index (χ0) is 23.7. The third-order valence-corrected chi connectivity index (χ3v) is 7.51. The smallest absolute Gasteiger partial charge is 0.416 e. The molecule has 1 saturated carbocycles. The van der Waals surface area contributed by atoms with Crippen LogP contribution < -0.4 is 4.74 Å². The van der Waals surface area contributed by atoms with E-state index in [0.29, 0.717) is 12.2 Å². The third-order valence-electron chi connectivity index (χ3n) is 5.92. The Labute approximate surface area is 191 Å². The summed E-state index contributed by atoms with van der Waals surface area (Å²) in [6.45, 7) is 1.60. The van der Waals surface area contributed by atoms with Crippen LogP contribution in [-0.4, -0.2) is 51.1 Å². The van der Waals surface area contributed by atoms with Gasteiger partial charge in [0, 0.05) is 11.0 Å². The summed E-state index contributed by atoms with van der Waals surface area (Å²) in [5, 5.41) is 29.7.